The number of rotatable bonds is 3. The van der Waals surface area contributed by atoms with Gasteiger partial charge in [0.25, 0.3) is 0 Å². The van der Waals surface area contributed by atoms with E-state index in [4.69, 9.17) is 0 Å². The van der Waals surface area contributed by atoms with E-state index in [1.807, 2.05) is 6.07 Å². The Bertz CT molecular complexity index is 710. The van der Waals surface area contributed by atoms with Crippen LogP contribution in [0.1, 0.15) is 22.7 Å². The minimum absolute atomic E-state index is 0.212. The molecule has 3 nitrogen and oxygen atoms in total. The summed E-state index contributed by atoms with van der Waals surface area (Å²) < 4.78 is 0. The van der Waals surface area contributed by atoms with Gasteiger partial charge in [0.15, 0.2) is 0 Å². The average molecular weight is 320 g/mol. The van der Waals surface area contributed by atoms with Crippen molar-refractivity contribution in [3.8, 4) is 0 Å². The Balaban J connectivity index is 1.58. The van der Waals surface area contributed by atoms with E-state index in [1.54, 1.807) is 0 Å². The molecule has 1 N–H and O–H groups in total. The van der Waals surface area contributed by atoms with E-state index in [0.717, 1.165) is 25.2 Å². The number of amides is 1. The van der Waals surface area contributed by atoms with Gasteiger partial charge in [0.05, 0.1) is 12.5 Å². The number of carbonyl (C=O) groups is 1. The first-order valence-corrected chi connectivity index (χ1v) is 8.83. The van der Waals surface area contributed by atoms with Crippen molar-refractivity contribution in [2.75, 3.05) is 19.6 Å². The molecule has 2 fully saturated rings. The maximum absolute atomic E-state index is 13.0. The van der Waals surface area contributed by atoms with Crippen molar-refractivity contribution >= 4 is 5.91 Å². The van der Waals surface area contributed by atoms with Gasteiger partial charge in [-0.15, -0.1) is 0 Å². The van der Waals surface area contributed by atoms with Crippen LogP contribution in [-0.4, -0.2) is 30.4 Å². The van der Waals surface area contributed by atoms with Crippen molar-refractivity contribution in [1.82, 2.24) is 10.2 Å². The fourth-order valence-corrected chi connectivity index (χ4v) is 4.24. The maximum Gasteiger partial charge on any atom is 0.227 e. The average Bonchev–Trinajstić information content (AvgIpc) is 3.18. The molecular formula is C21H24N2O. The molecule has 0 aliphatic carbocycles. The SMILES string of the molecule is Cc1ccc(CC(=O)N2C[C@@H]3CNC[C@@H]3[C@H]2c2ccccc2)cc1. The fourth-order valence-electron chi connectivity index (χ4n) is 4.24. The maximum atomic E-state index is 13.0. The molecule has 0 radical (unpaired) electrons. The molecule has 0 spiro atoms. The van der Waals surface area contributed by atoms with Gasteiger partial charge in [0.1, 0.15) is 0 Å². The van der Waals surface area contributed by atoms with Gasteiger partial charge >= 0.3 is 0 Å². The van der Waals surface area contributed by atoms with Gasteiger partial charge in [-0.05, 0) is 24.0 Å². The first-order chi connectivity index (χ1) is 11.7. The lowest BCUT2D eigenvalue weighted by molar-refractivity contribution is -0.131. The van der Waals surface area contributed by atoms with E-state index in [1.165, 1.54) is 11.1 Å². The molecule has 0 saturated carbocycles. The highest BCUT2D eigenvalue weighted by Gasteiger charge is 2.46. The summed E-state index contributed by atoms with van der Waals surface area (Å²) in [5, 5.41) is 3.50. The van der Waals surface area contributed by atoms with Crippen LogP contribution in [0.3, 0.4) is 0 Å². The van der Waals surface area contributed by atoms with Crippen molar-refractivity contribution in [3.63, 3.8) is 0 Å². The summed E-state index contributed by atoms with van der Waals surface area (Å²) in [6.45, 7) is 4.99. The predicted octanol–water partition coefficient (Wildman–Crippen LogP) is 2.96. The third kappa shape index (κ3) is 2.84. The lowest BCUT2D eigenvalue weighted by atomic mass is 9.89. The van der Waals surface area contributed by atoms with Crippen molar-refractivity contribution in [2.45, 2.75) is 19.4 Å². The summed E-state index contributed by atoms with van der Waals surface area (Å²) in [7, 11) is 0. The van der Waals surface area contributed by atoms with E-state index < -0.39 is 0 Å². The summed E-state index contributed by atoms with van der Waals surface area (Å²) in [6, 6.07) is 19.0. The van der Waals surface area contributed by atoms with Crippen LogP contribution in [0, 0.1) is 18.8 Å². The van der Waals surface area contributed by atoms with E-state index in [0.29, 0.717) is 18.3 Å². The molecule has 2 saturated heterocycles. The smallest absolute Gasteiger partial charge is 0.227 e. The molecule has 124 valence electrons. The van der Waals surface area contributed by atoms with Gasteiger partial charge in [-0.25, -0.2) is 0 Å². The molecule has 3 atom stereocenters. The molecule has 2 heterocycles. The topological polar surface area (TPSA) is 32.3 Å². The number of nitrogens with one attached hydrogen (secondary N) is 1. The first-order valence-electron chi connectivity index (χ1n) is 8.83. The van der Waals surface area contributed by atoms with Crippen LogP contribution in [0.25, 0.3) is 0 Å². The van der Waals surface area contributed by atoms with Crippen LogP contribution in [0.2, 0.25) is 0 Å². The number of fused-ring (bicyclic) bond motifs is 1. The molecule has 2 aromatic carbocycles. The predicted molar refractivity (Wildman–Crippen MR) is 95.6 cm³/mol. The van der Waals surface area contributed by atoms with Gasteiger partial charge < -0.3 is 10.2 Å². The monoisotopic (exact) mass is 320 g/mol. The van der Waals surface area contributed by atoms with Gasteiger partial charge in [0.2, 0.25) is 5.91 Å². The van der Waals surface area contributed by atoms with Crippen LogP contribution >= 0.6 is 0 Å². The molecule has 0 bridgehead atoms. The Morgan fingerprint density at radius 3 is 2.58 bits per heavy atom. The summed E-state index contributed by atoms with van der Waals surface area (Å²) >= 11 is 0. The quantitative estimate of drug-likeness (QED) is 0.943. The molecule has 2 aliphatic heterocycles. The molecular weight excluding hydrogens is 296 g/mol. The summed E-state index contributed by atoms with van der Waals surface area (Å²) in [5.74, 6) is 1.37. The highest BCUT2D eigenvalue weighted by atomic mass is 16.2. The zero-order chi connectivity index (χ0) is 16.5. The Hall–Kier alpha value is -2.13. The Morgan fingerprint density at radius 1 is 1.08 bits per heavy atom. The molecule has 4 rings (SSSR count). The second kappa shape index (κ2) is 6.40. The highest BCUT2D eigenvalue weighted by Crippen LogP contribution is 2.42. The first kappa shape index (κ1) is 15.4. The lowest BCUT2D eigenvalue weighted by Crippen LogP contribution is -2.35. The van der Waals surface area contributed by atoms with E-state index in [2.05, 4.69) is 65.7 Å². The number of carbonyl (C=O) groups excluding carboxylic acids is 1. The van der Waals surface area contributed by atoms with E-state index in [9.17, 15) is 4.79 Å². The van der Waals surface area contributed by atoms with Gasteiger partial charge in [-0.2, -0.15) is 0 Å². The van der Waals surface area contributed by atoms with Crippen LogP contribution in [0.4, 0.5) is 0 Å². The lowest BCUT2D eigenvalue weighted by Gasteiger charge is -2.28. The standard InChI is InChI=1S/C21H24N2O/c1-15-7-9-16(10-8-15)11-20(24)23-14-18-12-22-13-19(18)21(23)17-5-3-2-4-6-17/h2-10,18-19,21-22H,11-14H2,1H3/t18-,19-,21+/m0/s1. The van der Waals surface area contributed by atoms with Crippen LogP contribution in [-0.2, 0) is 11.2 Å². The molecule has 24 heavy (non-hydrogen) atoms. The number of benzene rings is 2. The highest BCUT2D eigenvalue weighted by molar-refractivity contribution is 5.79. The zero-order valence-electron chi connectivity index (χ0n) is 14.1. The number of hydrogen-bond acceptors (Lipinski definition) is 2. The summed E-state index contributed by atoms with van der Waals surface area (Å²) in [5.41, 5.74) is 3.61. The Labute approximate surface area is 143 Å². The Kier molecular flexibility index (Phi) is 4.11. The van der Waals surface area contributed by atoms with Crippen molar-refractivity contribution in [3.05, 3.63) is 71.3 Å². The van der Waals surface area contributed by atoms with E-state index in [-0.39, 0.29) is 11.9 Å². The minimum Gasteiger partial charge on any atom is -0.335 e. The summed E-state index contributed by atoms with van der Waals surface area (Å²) in [6.07, 6.45) is 0.497. The zero-order valence-corrected chi connectivity index (χ0v) is 14.1. The Morgan fingerprint density at radius 2 is 1.83 bits per heavy atom. The number of nitrogens with zero attached hydrogens (tertiary/aromatic N) is 1. The largest absolute Gasteiger partial charge is 0.335 e. The third-order valence-electron chi connectivity index (χ3n) is 5.50. The van der Waals surface area contributed by atoms with E-state index >= 15 is 0 Å². The van der Waals surface area contributed by atoms with Crippen LogP contribution in [0.15, 0.2) is 54.6 Å². The van der Waals surface area contributed by atoms with Gasteiger partial charge in [-0.1, -0.05) is 60.2 Å². The summed E-state index contributed by atoms with van der Waals surface area (Å²) in [4.78, 5) is 15.2. The number of hydrogen-bond donors (Lipinski definition) is 1. The molecule has 2 aliphatic rings. The van der Waals surface area contributed by atoms with Gasteiger partial charge in [-0.3, -0.25) is 4.79 Å². The van der Waals surface area contributed by atoms with Crippen LogP contribution < -0.4 is 5.32 Å². The number of likely N-dealkylation sites (tertiary alicyclic amines) is 1. The fraction of sp³-hybridized carbons (Fsp3) is 0.381. The molecule has 3 heteroatoms. The van der Waals surface area contributed by atoms with Crippen molar-refractivity contribution < 1.29 is 4.79 Å². The minimum atomic E-state index is 0.212. The molecule has 0 unspecified atom stereocenters. The van der Waals surface area contributed by atoms with Crippen LogP contribution in [0.5, 0.6) is 0 Å². The van der Waals surface area contributed by atoms with Crippen molar-refractivity contribution in [1.29, 1.82) is 0 Å². The van der Waals surface area contributed by atoms with Gasteiger partial charge in [0, 0.05) is 25.6 Å². The third-order valence-corrected chi connectivity index (χ3v) is 5.50. The normalized spacial score (nSPS) is 25.7. The molecule has 1 amide bonds. The molecule has 0 aromatic heterocycles. The second-order valence-electron chi connectivity index (χ2n) is 7.15. The number of aryl methyl sites for hydroxylation is 1. The van der Waals surface area contributed by atoms with Crippen molar-refractivity contribution in [2.24, 2.45) is 11.8 Å². The molecule has 2 aromatic rings. The second-order valence-corrected chi connectivity index (χ2v) is 7.15.